The zero-order chi connectivity index (χ0) is 15.4. The second-order valence-corrected chi connectivity index (χ2v) is 5.64. The molecule has 0 radical (unpaired) electrons. The first-order chi connectivity index (χ1) is 9.99. The monoisotopic (exact) mass is 373 g/mol. The highest BCUT2D eigenvalue weighted by molar-refractivity contribution is 9.10. The normalized spacial score (nSPS) is 10.4. The van der Waals surface area contributed by atoms with Crippen LogP contribution in [0.1, 0.15) is 0 Å². The number of carboxylic acid groups (broad SMARTS) is 1. The SMILES string of the molecule is CO[N+](=O)c1cc(Br)cc(-c2nc(SCC(=O)O)n[nH]2)c1. The van der Waals surface area contributed by atoms with E-state index in [1.807, 2.05) is 0 Å². The van der Waals surface area contributed by atoms with Crippen LogP contribution in [0.25, 0.3) is 11.4 Å². The van der Waals surface area contributed by atoms with Crippen molar-refractivity contribution in [3.05, 3.63) is 27.6 Å². The van der Waals surface area contributed by atoms with Gasteiger partial charge in [-0.2, -0.15) is 0 Å². The predicted molar refractivity (Wildman–Crippen MR) is 78.2 cm³/mol. The summed E-state index contributed by atoms with van der Waals surface area (Å²) in [5.74, 6) is -0.646. The Kier molecular flexibility index (Phi) is 4.91. The molecule has 0 spiro atoms. The van der Waals surface area contributed by atoms with Gasteiger partial charge >= 0.3 is 11.7 Å². The Balaban J connectivity index is 2.27. The molecule has 0 saturated heterocycles. The Morgan fingerprint density at radius 1 is 1.52 bits per heavy atom. The maximum absolute atomic E-state index is 11.5. The number of hydrogen-bond acceptors (Lipinski definition) is 6. The summed E-state index contributed by atoms with van der Waals surface area (Å²) in [5, 5.41) is 15.5. The third-order valence-electron chi connectivity index (χ3n) is 2.32. The third-order valence-corrected chi connectivity index (χ3v) is 3.61. The number of hydrogen-bond donors (Lipinski definition) is 2. The summed E-state index contributed by atoms with van der Waals surface area (Å²) in [7, 11) is 1.27. The molecule has 110 valence electrons. The van der Waals surface area contributed by atoms with Crippen molar-refractivity contribution in [2.75, 3.05) is 12.9 Å². The second-order valence-electron chi connectivity index (χ2n) is 3.79. The minimum absolute atomic E-state index is 0.126. The van der Waals surface area contributed by atoms with Gasteiger partial charge in [0, 0.05) is 22.2 Å². The number of carboxylic acids is 1. The highest BCUT2D eigenvalue weighted by atomic mass is 79.9. The molecule has 1 aromatic heterocycles. The number of rotatable bonds is 6. The van der Waals surface area contributed by atoms with Gasteiger partial charge in [-0.05, 0) is 6.07 Å². The third kappa shape index (κ3) is 4.02. The Morgan fingerprint density at radius 3 is 2.95 bits per heavy atom. The van der Waals surface area contributed by atoms with E-state index >= 15 is 0 Å². The van der Waals surface area contributed by atoms with E-state index in [1.165, 1.54) is 7.11 Å². The summed E-state index contributed by atoms with van der Waals surface area (Å²) in [6.07, 6.45) is 0. The fraction of sp³-hybridized carbons (Fsp3) is 0.182. The fourth-order valence-corrected chi connectivity index (χ4v) is 2.49. The molecule has 21 heavy (non-hydrogen) atoms. The topological polar surface area (TPSA) is 108 Å². The van der Waals surface area contributed by atoms with Crippen LogP contribution in [0.4, 0.5) is 5.69 Å². The highest BCUT2D eigenvalue weighted by Gasteiger charge is 2.18. The van der Waals surface area contributed by atoms with Gasteiger partial charge in [-0.25, -0.2) is 9.82 Å². The Morgan fingerprint density at radius 2 is 2.29 bits per heavy atom. The number of aromatic amines is 1. The Bertz CT molecular complexity index is 691. The molecule has 1 aromatic carbocycles. The van der Waals surface area contributed by atoms with E-state index in [4.69, 9.17) is 5.11 Å². The first kappa shape index (κ1) is 15.4. The average Bonchev–Trinajstić information content (AvgIpc) is 2.92. The molecule has 2 N–H and O–H groups in total. The van der Waals surface area contributed by atoms with Crippen LogP contribution < -0.4 is 0 Å². The first-order valence-electron chi connectivity index (χ1n) is 5.59. The number of thioether (sulfide) groups is 1. The molecule has 10 heteroatoms. The van der Waals surface area contributed by atoms with Gasteiger partial charge < -0.3 is 5.11 Å². The number of halogens is 1. The van der Waals surface area contributed by atoms with Crippen molar-refractivity contribution in [1.82, 2.24) is 15.2 Å². The van der Waals surface area contributed by atoms with Crippen molar-refractivity contribution in [3.63, 3.8) is 0 Å². The highest BCUT2D eigenvalue weighted by Crippen LogP contribution is 2.27. The Labute approximate surface area is 131 Å². The molecule has 0 atom stereocenters. The van der Waals surface area contributed by atoms with Crippen LogP contribution in [0.5, 0.6) is 0 Å². The lowest BCUT2D eigenvalue weighted by Crippen LogP contribution is -1.98. The molecule has 0 amide bonds. The summed E-state index contributed by atoms with van der Waals surface area (Å²) in [5.41, 5.74) is 0.907. The van der Waals surface area contributed by atoms with Crippen LogP contribution in [-0.4, -0.2) is 44.0 Å². The van der Waals surface area contributed by atoms with E-state index in [9.17, 15) is 9.70 Å². The predicted octanol–water partition coefficient (Wildman–Crippen LogP) is 2.38. The van der Waals surface area contributed by atoms with Crippen molar-refractivity contribution in [1.29, 1.82) is 0 Å². The average molecular weight is 374 g/mol. The van der Waals surface area contributed by atoms with E-state index in [1.54, 1.807) is 18.2 Å². The van der Waals surface area contributed by atoms with Gasteiger partial charge in [0.2, 0.25) is 5.16 Å². The van der Waals surface area contributed by atoms with Crippen LogP contribution >= 0.6 is 27.7 Å². The molecular formula is C11H10BrN4O4S+. The number of nitrogens with one attached hydrogen (secondary N) is 1. The molecule has 0 saturated carbocycles. The number of H-pyrrole nitrogens is 1. The minimum atomic E-state index is -0.946. The summed E-state index contributed by atoms with van der Waals surface area (Å²) >= 11 is 4.30. The minimum Gasteiger partial charge on any atom is -0.481 e. The fourth-order valence-electron chi connectivity index (χ4n) is 1.49. The van der Waals surface area contributed by atoms with Crippen LogP contribution in [-0.2, 0) is 9.63 Å². The largest absolute Gasteiger partial charge is 0.481 e. The second kappa shape index (κ2) is 6.68. The van der Waals surface area contributed by atoms with E-state index in [2.05, 4.69) is 35.9 Å². The maximum atomic E-state index is 11.5. The summed E-state index contributed by atoms with van der Waals surface area (Å²) in [6, 6.07) is 4.92. The maximum Gasteiger partial charge on any atom is 0.318 e. The number of benzene rings is 1. The number of nitrogens with zero attached hydrogens (tertiary/aromatic N) is 3. The van der Waals surface area contributed by atoms with Gasteiger partial charge in [-0.1, -0.05) is 27.7 Å². The van der Waals surface area contributed by atoms with Crippen LogP contribution in [0.15, 0.2) is 27.8 Å². The Hall–Kier alpha value is -1.94. The standard InChI is InChI=1S/C11H9BrN4O4S/c1-20-16(19)8-3-6(2-7(12)4-8)10-13-11(15-14-10)21-5-9(17)18/h2-4H,5H2,1H3,(H-,13,14,15,17,18)/p+1. The summed E-state index contributed by atoms with van der Waals surface area (Å²) < 4.78 is 0.670. The molecule has 0 aliphatic heterocycles. The molecule has 8 nitrogen and oxygen atoms in total. The van der Waals surface area contributed by atoms with Crippen LogP contribution in [0.2, 0.25) is 0 Å². The van der Waals surface area contributed by atoms with Gasteiger partial charge in [-0.15, -0.1) is 5.10 Å². The number of carbonyl (C=O) groups is 1. The van der Waals surface area contributed by atoms with Crippen molar-refractivity contribution < 1.29 is 19.7 Å². The molecule has 0 unspecified atom stereocenters. The van der Waals surface area contributed by atoms with Crippen LogP contribution in [0.3, 0.4) is 0 Å². The lowest BCUT2D eigenvalue weighted by Gasteiger charge is -1.97. The van der Waals surface area contributed by atoms with Gasteiger partial charge in [0.05, 0.1) is 10.7 Å². The lowest BCUT2D eigenvalue weighted by molar-refractivity contribution is -0.736. The molecule has 0 bridgehead atoms. The van der Waals surface area contributed by atoms with Gasteiger partial charge in [-0.3, -0.25) is 9.89 Å². The first-order valence-corrected chi connectivity index (χ1v) is 7.37. The summed E-state index contributed by atoms with van der Waals surface area (Å²) in [6.45, 7) is 0. The smallest absolute Gasteiger partial charge is 0.318 e. The van der Waals surface area contributed by atoms with E-state index in [0.717, 1.165) is 11.8 Å². The van der Waals surface area contributed by atoms with E-state index < -0.39 is 5.97 Å². The van der Waals surface area contributed by atoms with Crippen LogP contribution in [0, 0.1) is 4.91 Å². The molecule has 0 aliphatic carbocycles. The van der Waals surface area contributed by atoms with Gasteiger partial charge in [0.1, 0.15) is 0 Å². The number of aliphatic carboxylic acids is 1. The molecule has 2 aromatic rings. The van der Waals surface area contributed by atoms with Gasteiger partial charge in [0.25, 0.3) is 4.92 Å². The number of aromatic nitrogens is 3. The van der Waals surface area contributed by atoms with Crippen molar-refractivity contribution in [3.8, 4) is 11.4 Å². The van der Waals surface area contributed by atoms with Crippen molar-refractivity contribution in [2.45, 2.75) is 5.16 Å². The molecule has 1 heterocycles. The zero-order valence-corrected chi connectivity index (χ0v) is 13.1. The van der Waals surface area contributed by atoms with E-state index in [-0.39, 0.29) is 11.4 Å². The molecule has 0 fully saturated rings. The molecular weight excluding hydrogens is 364 g/mol. The van der Waals surface area contributed by atoms with Crippen molar-refractivity contribution >= 4 is 39.3 Å². The summed E-state index contributed by atoms with van der Waals surface area (Å²) in [4.78, 5) is 31.1. The molecule has 2 rings (SSSR count). The quantitative estimate of drug-likeness (QED) is 0.590. The van der Waals surface area contributed by atoms with E-state index in [0.29, 0.717) is 25.9 Å². The van der Waals surface area contributed by atoms with Gasteiger partial charge in [0.15, 0.2) is 12.9 Å². The zero-order valence-electron chi connectivity index (χ0n) is 10.7. The molecule has 0 aliphatic rings. The van der Waals surface area contributed by atoms with Crippen molar-refractivity contribution in [2.24, 2.45) is 0 Å². The lowest BCUT2D eigenvalue weighted by atomic mass is 10.2.